The van der Waals surface area contributed by atoms with Crippen LogP contribution in [-0.2, 0) is 5.54 Å². The Balaban J connectivity index is 0.00000210. The molecule has 0 atom stereocenters. The highest BCUT2D eigenvalue weighted by Gasteiger charge is 2.23. The molecule has 6 nitrogen and oxygen atoms in total. The Bertz CT molecular complexity index is 1130. The highest BCUT2D eigenvalue weighted by Crippen LogP contribution is 2.34. The first-order valence-corrected chi connectivity index (χ1v) is 8.46. The van der Waals surface area contributed by atoms with Crippen LogP contribution in [0.4, 0.5) is 5.82 Å². The Hall–Kier alpha value is -2.86. The van der Waals surface area contributed by atoms with E-state index in [2.05, 4.69) is 42.9 Å². The summed E-state index contributed by atoms with van der Waals surface area (Å²) in [5, 5.41) is 7.85. The fourth-order valence-electron chi connectivity index (χ4n) is 3.14. The molecule has 4 rings (SSSR count). The average Bonchev–Trinajstić information content (AvgIpc) is 3.02. The van der Waals surface area contributed by atoms with Gasteiger partial charge >= 0.3 is 0 Å². The van der Waals surface area contributed by atoms with Gasteiger partial charge in [-0.3, -0.25) is 0 Å². The van der Waals surface area contributed by atoms with Crippen molar-refractivity contribution >= 4 is 40.0 Å². The van der Waals surface area contributed by atoms with Crippen molar-refractivity contribution in [2.75, 3.05) is 12.8 Å². The van der Waals surface area contributed by atoms with Crippen LogP contribution in [0.25, 0.3) is 33.1 Å². The van der Waals surface area contributed by atoms with Gasteiger partial charge in [-0.15, -0.1) is 12.4 Å². The molecule has 0 aliphatic rings. The minimum atomic E-state index is -0.221. The maximum Gasteiger partial charge on any atom is 0.164 e. The Morgan fingerprint density at radius 2 is 1.70 bits per heavy atom. The van der Waals surface area contributed by atoms with Gasteiger partial charge in [0, 0.05) is 5.56 Å². The number of ether oxygens (including phenoxy) is 1. The van der Waals surface area contributed by atoms with E-state index in [1.807, 2.05) is 28.9 Å². The molecule has 0 amide bonds. The van der Waals surface area contributed by atoms with E-state index in [-0.39, 0.29) is 17.9 Å². The fraction of sp³-hybridized carbons (Fsp3) is 0.250. The van der Waals surface area contributed by atoms with E-state index >= 15 is 0 Å². The second-order valence-electron chi connectivity index (χ2n) is 7.32. The van der Waals surface area contributed by atoms with E-state index in [1.165, 1.54) is 6.33 Å². The molecule has 0 fully saturated rings. The highest BCUT2D eigenvalue weighted by molar-refractivity contribution is 6.00. The Labute approximate surface area is 163 Å². The van der Waals surface area contributed by atoms with Crippen molar-refractivity contribution in [3.8, 4) is 17.0 Å². The van der Waals surface area contributed by atoms with Gasteiger partial charge in [-0.1, -0.05) is 18.2 Å². The van der Waals surface area contributed by atoms with Gasteiger partial charge in [-0.25, -0.2) is 14.6 Å². The van der Waals surface area contributed by atoms with Gasteiger partial charge < -0.3 is 10.5 Å². The molecule has 140 valence electrons. The van der Waals surface area contributed by atoms with Gasteiger partial charge in [-0.05, 0) is 49.7 Å². The van der Waals surface area contributed by atoms with Crippen molar-refractivity contribution in [1.82, 2.24) is 19.7 Å². The third kappa shape index (κ3) is 3.17. The minimum absolute atomic E-state index is 0. The maximum absolute atomic E-state index is 6.18. The van der Waals surface area contributed by atoms with Gasteiger partial charge in [0.15, 0.2) is 5.65 Å². The summed E-state index contributed by atoms with van der Waals surface area (Å²) in [6, 6.07) is 12.2. The predicted molar refractivity (Wildman–Crippen MR) is 111 cm³/mol. The van der Waals surface area contributed by atoms with Gasteiger partial charge in [0.2, 0.25) is 0 Å². The first-order valence-electron chi connectivity index (χ1n) is 8.46. The molecule has 0 aliphatic carbocycles. The van der Waals surface area contributed by atoms with Crippen molar-refractivity contribution in [2.24, 2.45) is 0 Å². The molecular weight excluding hydrogens is 362 g/mol. The SMILES string of the molecule is COc1ccc2cc(-c3nn(C(C)(C)C)c4ncnc(N)c34)ccc2c1.Cl. The zero-order valence-corrected chi connectivity index (χ0v) is 16.5. The lowest BCUT2D eigenvalue weighted by atomic mass is 10.0. The molecule has 2 aromatic heterocycles. The van der Waals surface area contributed by atoms with E-state index in [9.17, 15) is 0 Å². The summed E-state index contributed by atoms with van der Waals surface area (Å²) in [5.41, 5.74) is 8.49. The standard InChI is InChI=1S/C20H21N5O.ClH/c1-20(2,3)25-19-16(18(21)22-11-23-19)17(24-25)14-6-5-13-10-15(26-4)8-7-12(13)9-14;/h5-11H,1-4H3,(H2,21,22,23);1H. The monoisotopic (exact) mass is 383 g/mol. The number of halogens is 1. The van der Waals surface area contributed by atoms with Crippen LogP contribution in [0.2, 0.25) is 0 Å². The van der Waals surface area contributed by atoms with Crippen LogP contribution in [0.3, 0.4) is 0 Å². The number of hydrogen-bond acceptors (Lipinski definition) is 5. The average molecular weight is 384 g/mol. The molecule has 27 heavy (non-hydrogen) atoms. The lowest BCUT2D eigenvalue weighted by molar-refractivity contribution is 0.367. The third-order valence-corrected chi connectivity index (χ3v) is 4.45. The first-order chi connectivity index (χ1) is 12.4. The molecule has 7 heteroatoms. The lowest BCUT2D eigenvalue weighted by Crippen LogP contribution is -2.23. The molecule has 0 saturated heterocycles. The fourth-order valence-corrected chi connectivity index (χ4v) is 3.14. The molecule has 0 spiro atoms. The number of fused-ring (bicyclic) bond motifs is 2. The number of nitrogens with zero attached hydrogens (tertiary/aromatic N) is 4. The van der Waals surface area contributed by atoms with Crippen molar-refractivity contribution < 1.29 is 4.74 Å². The van der Waals surface area contributed by atoms with Crippen LogP contribution in [0, 0.1) is 0 Å². The van der Waals surface area contributed by atoms with Crippen LogP contribution in [0.1, 0.15) is 20.8 Å². The molecule has 2 heterocycles. The second kappa shape index (κ2) is 6.70. The van der Waals surface area contributed by atoms with Crippen LogP contribution < -0.4 is 10.5 Å². The summed E-state index contributed by atoms with van der Waals surface area (Å²) < 4.78 is 7.21. The molecule has 2 aromatic carbocycles. The smallest absolute Gasteiger partial charge is 0.164 e. The molecule has 2 N–H and O–H groups in total. The zero-order chi connectivity index (χ0) is 18.5. The maximum atomic E-state index is 6.18. The summed E-state index contributed by atoms with van der Waals surface area (Å²) in [7, 11) is 1.67. The van der Waals surface area contributed by atoms with Crippen molar-refractivity contribution in [3.63, 3.8) is 0 Å². The topological polar surface area (TPSA) is 78.8 Å². The van der Waals surface area contributed by atoms with Crippen LogP contribution >= 0.6 is 12.4 Å². The predicted octanol–water partition coefficient (Wildman–Crippen LogP) is 4.41. The number of rotatable bonds is 2. The van der Waals surface area contributed by atoms with Crippen LogP contribution in [0.15, 0.2) is 42.7 Å². The highest BCUT2D eigenvalue weighted by atomic mass is 35.5. The second-order valence-corrected chi connectivity index (χ2v) is 7.32. The summed E-state index contributed by atoms with van der Waals surface area (Å²) in [6.07, 6.45) is 1.48. The van der Waals surface area contributed by atoms with Gasteiger partial charge in [-0.2, -0.15) is 5.10 Å². The number of hydrogen-bond donors (Lipinski definition) is 1. The quantitative estimate of drug-likeness (QED) is 0.554. The Kier molecular flexibility index (Phi) is 4.70. The molecule has 0 saturated carbocycles. The van der Waals surface area contributed by atoms with Crippen molar-refractivity contribution in [3.05, 3.63) is 42.7 Å². The third-order valence-electron chi connectivity index (χ3n) is 4.45. The summed E-state index contributed by atoms with van der Waals surface area (Å²) >= 11 is 0. The van der Waals surface area contributed by atoms with Crippen LogP contribution in [-0.4, -0.2) is 26.9 Å². The minimum Gasteiger partial charge on any atom is -0.497 e. The summed E-state index contributed by atoms with van der Waals surface area (Å²) in [4.78, 5) is 8.60. The normalized spacial score (nSPS) is 11.6. The van der Waals surface area contributed by atoms with Crippen molar-refractivity contribution in [2.45, 2.75) is 26.3 Å². The van der Waals surface area contributed by atoms with E-state index in [4.69, 9.17) is 15.6 Å². The largest absolute Gasteiger partial charge is 0.497 e. The molecule has 4 aromatic rings. The molecule has 0 unspecified atom stereocenters. The van der Waals surface area contributed by atoms with E-state index in [0.717, 1.165) is 38.8 Å². The number of nitrogens with two attached hydrogens (primary N) is 1. The number of aromatic nitrogens is 4. The molecule has 0 radical (unpaired) electrons. The molecule has 0 bridgehead atoms. The van der Waals surface area contributed by atoms with Gasteiger partial charge in [0.1, 0.15) is 23.6 Å². The van der Waals surface area contributed by atoms with E-state index in [1.54, 1.807) is 7.11 Å². The number of benzene rings is 2. The van der Waals surface area contributed by atoms with E-state index < -0.39 is 0 Å². The number of methoxy groups -OCH3 is 1. The zero-order valence-electron chi connectivity index (χ0n) is 15.7. The molecular formula is C20H22ClN5O. The Morgan fingerprint density at radius 1 is 1.00 bits per heavy atom. The van der Waals surface area contributed by atoms with Gasteiger partial charge in [0.05, 0.1) is 18.0 Å². The molecule has 0 aliphatic heterocycles. The summed E-state index contributed by atoms with van der Waals surface area (Å²) in [6.45, 7) is 6.27. The first kappa shape index (κ1) is 18.9. The van der Waals surface area contributed by atoms with Crippen molar-refractivity contribution in [1.29, 1.82) is 0 Å². The number of anilines is 1. The van der Waals surface area contributed by atoms with Crippen LogP contribution in [0.5, 0.6) is 5.75 Å². The lowest BCUT2D eigenvalue weighted by Gasteiger charge is -2.19. The number of nitrogen functional groups attached to an aromatic ring is 1. The summed E-state index contributed by atoms with van der Waals surface area (Å²) in [5.74, 6) is 1.28. The van der Waals surface area contributed by atoms with E-state index in [0.29, 0.717) is 5.82 Å². The van der Waals surface area contributed by atoms with Gasteiger partial charge in [0.25, 0.3) is 0 Å². The Morgan fingerprint density at radius 3 is 2.41 bits per heavy atom.